The Hall–Kier alpha value is -2.30. The molecule has 1 N–H and O–H groups in total. The van der Waals surface area contributed by atoms with Gasteiger partial charge in [-0.3, -0.25) is 0 Å². The minimum atomic E-state index is -0.733. The molecule has 0 bridgehead atoms. The second kappa shape index (κ2) is 7.47. The molecular weight excluding hydrogens is 272 g/mol. The van der Waals surface area contributed by atoms with Gasteiger partial charge in [-0.1, -0.05) is 12.1 Å². The van der Waals surface area contributed by atoms with Crippen molar-refractivity contribution in [3.8, 4) is 5.75 Å². The summed E-state index contributed by atoms with van der Waals surface area (Å²) in [6, 6.07) is 6.09. The molecule has 0 amide bonds. The van der Waals surface area contributed by atoms with E-state index in [-0.39, 0.29) is 23.5 Å². The third kappa shape index (κ3) is 5.69. The first-order chi connectivity index (χ1) is 9.79. The molecule has 1 rings (SSSR count). The average molecular weight is 292 g/mol. The minimum absolute atomic E-state index is 0.100. The first-order valence-electron chi connectivity index (χ1n) is 6.72. The van der Waals surface area contributed by atoms with Crippen molar-refractivity contribution >= 4 is 18.0 Å². The van der Waals surface area contributed by atoms with Crippen molar-refractivity contribution in [1.29, 1.82) is 0 Å². The Kier molecular flexibility index (Phi) is 5.96. The molecule has 0 radical (unpaired) electrons. The normalized spacial score (nSPS) is 10.4. The predicted octanol–water partition coefficient (Wildman–Crippen LogP) is 2.68. The van der Waals surface area contributed by atoms with Gasteiger partial charge in [-0.2, -0.15) is 0 Å². The third-order valence-corrected chi connectivity index (χ3v) is 2.33. The number of hydrogen-bond donors (Lipinski definition) is 1. The number of esters is 2. The fourth-order valence-corrected chi connectivity index (χ4v) is 1.49. The van der Waals surface area contributed by atoms with E-state index in [1.165, 1.54) is 18.2 Å². The van der Waals surface area contributed by atoms with Crippen LogP contribution >= 0.6 is 0 Å². The summed E-state index contributed by atoms with van der Waals surface area (Å²) in [6.45, 7) is 6.79. The van der Waals surface area contributed by atoms with Crippen LogP contribution in [-0.4, -0.2) is 29.3 Å². The van der Waals surface area contributed by atoms with Gasteiger partial charge in [-0.25, -0.2) is 9.59 Å². The van der Waals surface area contributed by atoms with Gasteiger partial charge in [0.1, 0.15) is 11.3 Å². The van der Waals surface area contributed by atoms with Gasteiger partial charge >= 0.3 is 11.9 Å². The number of phenolic OH excluding ortho intramolecular Hbond substituents is 1. The third-order valence-electron chi connectivity index (χ3n) is 2.33. The predicted molar refractivity (Wildman–Crippen MR) is 78.5 cm³/mol. The van der Waals surface area contributed by atoms with E-state index in [0.717, 1.165) is 0 Å². The highest BCUT2D eigenvalue weighted by atomic mass is 16.6. The number of aromatic hydroxyl groups is 1. The van der Waals surface area contributed by atoms with Crippen molar-refractivity contribution < 1.29 is 24.2 Å². The molecular formula is C16H20O5. The highest BCUT2D eigenvalue weighted by Gasteiger charge is 2.23. The van der Waals surface area contributed by atoms with E-state index in [1.54, 1.807) is 39.8 Å². The molecule has 0 atom stereocenters. The molecule has 0 aliphatic heterocycles. The summed E-state index contributed by atoms with van der Waals surface area (Å²) < 4.78 is 10.1. The summed E-state index contributed by atoms with van der Waals surface area (Å²) in [6.07, 6.45) is 0.703. The fraction of sp³-hybridized carbons (Fsp3) is 0.375. The smallest absolute Gasteiger partial charge is 0.345 e. The lowest BCUT2D eigenvalue weighted by atomic mass is 10.1. The Labute approximate surface area is 124 Å². The van der Waals surface area contributed by atoms with E-state index < -0.39 is 11.9 Å². The molecule has 1 aromatic rings. The van der Waals surface area contributed by atoms with Gasteiger partial charge in [-0.05, 0) is 51.5 Å². The summed E-state index contributed by atoms with van der Waals surface area (Å²) >= 11 is 0. The van der Waals surface area contributed by atoms with Crippen LogP contribution in [0.3, 0.4) is 0 Å². The number of benzene rings is 1. The van der Waals surface area contributed by atoms with Crippen LogP contribution in [0.1, 0.15) is 33.3 Å². The maximum absolute atomic E-state index is 12.0. The molecule has 0 saturated heterocycles. The first-order valence-corrected chi connectivity index (χ1v) is 6.72. The van der Waals surface area contributed by atoms with Crippen molar-refractivity contribution in [2.75, 3.05) is 0 Å². The number of ether oxygens (including phenoxy) is 2. The van der Waals surface area contributed by atoms with Crippen LogP contribution in [0.2, 0.25) is 0 Å². The van der Waals surface area contributed by atoms with E-state index in [4.69, 9.17) is 9.47 Å². The van der Waals surface area contributed by atoms with Crippen LogP contribution < -0.4 is 0 Å². The number of carbonyl (C=O) groups excluding carboxylic acids is 2. The van der Waals surface area contributed by atoms with E-state index in [2.05, 4.69) is 0 Å². The maximum Gasteiger partial charge on any atom is 0.345 e. The van der Waals surface area contributed by atoms with Gasteiger partial charge in [0.2, 0.25) is 0 Å². The molecule has 0 unspecified atom stereocenters. The van der Waals surface area contributed by atoms with Crippen molar-refractivity contribution in [3.63, 3.8) is 0 Å². The molecule has 1 aromatic carbocycles. The van der Waals surface area contributed by atoms with E-state index in [0.29, 0.717) is 5.56 Å². The second-order valence-electron chi connectivity index (χ2n) is 5.06. The first kappa shape index (κ1) is 16.8. The molecule has 21 heavy (non-hydrogen) atoms. The second-order valence-corrected chi connectivity index (χ2v) is 5.06. The van der Waals surface area contributed by atoms with E-state index in [9.17, 15) is 14.7 Å². The molecule has 0 heterocycles. The minimum Gasteiger partial charge on any atom is -0.508 e. The summed E-state index contributed by atoms with van der Waals surface area (Å²) in [5.41, 5.74) is 0.410. The summed E-state index contributed by atoms with van der Waals surface area (Å²) in [7, 11) is 0. The van der Waals surface area contributed by atoms with Gasteiger partial charge < -0.3 is 14.6 Å². The number of carbonyl (C=O) groups is 2. The molecule has 0 aliphatic carbocycles. The molecule has 0 fully saturated rings. The van der Waals surface area contributed by atoms with Crippen molar-refractivity contribution in [2.45, 2.75) is 39.9 Å². The zero-order valence-corrected chi connectivity index (χ0v) is 12.6. The van der Waals surface area contributed by atoms with Crippen LogP contribution in [0.25, 0.3) is 6.08 Å². The van der Waals surface area contributed by atoms with Crippen LogP contribution in [0, 0.1) is 0 Å². The number of rotatable bonds is 5. The lowest BCUT2D eigenvalue weighted by molar-refractivity contribution is -0.150. The molecule has 5 nitrogen and oxygen atoms in total. The number of phenols is 1. The van der Waals surface area contributed by atoms with Gasteiger partial charge in [0.05, 0.1) is 12.2 Å². The quantitative estimate of drug-likeness (QED) is 0.391. The van der Waals surface area contributed by atoms with Gasteiger partial charge in [-0.15, -0.1) is 0 Å². The molecule has 0 aromatic heterocycles. The Morgan fingerprint density at radius 1 is 0.952 bits per heavy atom. The molecule has 0 spiro atoms. The summed E-state index contributed by atoms with van der Waals surface area (Å²) in [5, 5.41) is 9.24. The van der Waals surface area contributed by atoms with E-state index >= 15 is 0 Å². The summed E-state index contributed by atoms with van der Waals surface area (Å²) in [4.78, 5) is 24.0. The highest BCUT2D eigenvalue weighted by molar-refractivity contribution is 6.17. The monoisotopic (exact) mass is 292 g/mol. The van der Waals surface area contributed by atoms with Crippen LogP contribution in [-0.2, 0) is 19.1 Å². The Balaban J connectivity index is 3.08. The lowest BCUT2D eigenvalue weighted by Crippen LogP contribution is -2.23. The van der Waals surface area contributed by atoms with Gasteiger partial charge in [0.15, 0.2) is 0 Å². The lowest BCUT2D eigenvalue weighted by Gasteiger charge is -2.12. The standard InChI is InChI=1S/C16H20O5/c1-10(2)20-15(18)14(16(19)21-11(3)4)9-12-5-7-13(17)8-6-12/h5-11,17H,1-4H3. The van der Waals surface area contributed by atoms with Crippen LogP contribution in [0.5, 0.6) is 5.75 Å². The van der Waals surface area contributed by atoms with Gasteiger partial charge in [0.25, 0.3) is 0 Å². The SMILES string of the molecule is CC(C)OC(=O)C(=Cc1ccc(O)cc1)C(=O)OC(C)C. The molecule has 0 saturated carbocycles. The molecule has 5 heteroatoms. The van der Waals surface area contributed by atoms with Gasteiger partial charge in [0, 0.05) is 0 Å². The zero-order valence-electron chi connectivity index (χ0n) is 12.6. The Bertz CT molecular complexity index is 502. The van der Waals surface area contributed by atoms with Crippen LogP contribution in [0.4, 0.5) is 0 Å². The van der Waals surface area contributed by atoms with Crippen LogP contribution in [0.15, 0.2) is 29.8 Å². The van der Waals surface area contributed by atoms with Crippen molar-refractivity contribution in [1.82, 2.24) is 0 Å². The van der Waals surface area contributed by atoms with Crippen molar-refractivity contribution in [2.24, 2.45) is 0 Å². The molecule has 0 aliphatic rings. The van der Waals surface area contributed by atoms with Crippen molar-refractivity contribution in [3.05, 3.63) is 35.4 Å². The Morgan fingerprint density at radius 2 is 1.38 bits per heavy atom. The van der Waals surface area contributed by atoms with E-state index in [1.807, 2.05) is 0 Å². The fourth-order valence-electron chi connectivity index (χ4n) is 1.49. The molecule has 114 valence electrons. The Morgan fingerprint density at radius 3 is 1.76 bits per heavy atom. The highest BCUT2D eigenvalue weighted by Crippen LogP contribution is 2.15. The zero-order chi connectivity index (χ0) is 16.0. The maximum atomic E-state index is 12.0. The number of hydrogen-bond acceptors (Lipinski definition) is 5. The topological polar surface area (TPSA) is 72.8 Å². The largest absolute Gasteiger partial charge is 0.508 e. The summed E-state index contributed by atoms with van der Waals surface area (Å²) in [5.74, 6) is -1.37. The average Bonchev–Trinajstić information content (AvgIpc) is 2.36.